The Bertz CT molecular complexity index is 335. The number of piperazine rings is 1. The topological polar surface area (TPSA) is 45.5 Å². The van der Waals surface area contributed by atoms with Crippen LogP contribution in [-0.2, 0) is 11.2 Å². The summed E-state index contributed by atoms with van der Waals surface area (Å²) in [6, 6.07) is 4.17. The van der Waals surface area contributed by atoms with Crippen molar-refractivity contribution in [1.29, 1.82) is 0 Å². The van der Waals surface area contributed by atoms with Crippen molar-refractivity contribution >= 4 is 5.91 Å². The zero-order valence-corrected chi connectivity index (χ0v) is 9.61. The fraction of sp³-hybridized carbons (Fsp3) is 0.583. The van der Waals surface area contributed by atoms with Crippen LogP contribution in [0.4, 0.5) is 0 Å². The molecule has 1 N–H and O–H groups in total. The highest BCUT2D eigenvalue weighted by Crippen LogP contribution is 2.07. The predicted octanol–water partition coefficient (Wildman–Crippen LogP) is 1.03. The highest BCUT2D eigenvalue weighted by atomic mass is 16.3. The van der Waals surface area contributed by atoms with Crippen LogP contribution in [0.3, 0.4) is 0 Å². The van der Waals surface area contributed by atoms with E-state index in [1.165, 1.54) is 0 Å². The fourth-order valence-electron chi connectivity index (χ4n) is 2.00. The van der Waals surface area contributed by atoms with Gasteiger partial charge in [-0.1, -0.05) is 0 Å². The van der Waals surface area contributed by atoms with Crippen LogP contribution in [0.25, 0.3) is 0 Å². The molecule has 4 heteroatoms. The molecule has 0 radical (unpaired) electrons. The van der Waals surface area contributed by atoms with Gasteiger partial charge in [0, 0.05) is 38.5 Å². The predicted molar refractivity (Wildman–Crippen MR) is 61.1 cm³/mol. The van der Waals surface area contributed by atoms with Crippen molar-refractivity contribution in [2.45, 2.75) is 25.8 Å². The average molecular weight is 222 g/mol. The Labute approximate surface area is 95.6 Å². The molecule has 0 bridgehead atoms. The van der Waals surface area contributed by atoms with Crippen LogP contribution in [0, 0.1) is 0 Å². The van der Waals surface area contributed by atoms with Gasteiger partial charge in [-0.3, -0.25) is 4.79 Å². The quantitative estimate of drug-likeness (QED) is 0.831. The largest absolute Gasteiger partial charge is 0.469 e. The Morgan fingerprint density at radius 2 is 2.56 bits per heavy atom. The summed E-state index contributed by atoms with van der Waals surface area (Å²) in [6.45, 7) is 4.64. The second-order valence-electron chi connectivity index (χ2n) is 4.27. The van der Waals surface area contributed by atoms with Crippen molar-refractivity contribution in [3.05, 3.63) is 24.2 Å². The third kappa shape index (κ3) is 2.85. The van der Waals surface area contributed by atoms with Gasteiger partial charge in [0.15, 0.2) is 0 Å². The Morgan fingerprint density at radius 3 is 3.25 bits per heavy atom. The van der Waals surface area contributed by atoms with Gasteiger partial charge in [0.1, 0.15) is 5.76 Å². The standard InChI is InChI=1S/C12H18N2O2/c1-10-9-14(7-6-13-10)12(15)5-4-11-3-2-8-16-11/h2-3,8,10,13H,4-7,9H2,1H3/t10-/m0/s1. The molecular formula is C12H18N2O2. The number of carbonyl (C=O) groups is 1. The molecule has 16 heavy (non-hydrogen) atoms. The number of rotatable bonds is 3. The lowest BCUT2D eigenvalue weighted by molar-refractivity contribution is -0.132. The number of nitrogens with one attached hydrogen (secondary N) is 1. The van der Waals surface area contributed by atoms with Crippen molar-refractivity contribution in [3.63, 3.8) is 0 Å². The Morgan fingerprint density at radius 1 is 1.69 bits per heavy atom. The number of hydrogen-bond donors (Lipinski definition) is 1. The van der Waals surface area contributed by atoms with Crippen LogP contribution in [0.2, 0.25) is 0 Å². The van der Waals surface area contributed by atoms with Crippen LogP contribution >= 0.6 is 0 Å². The number of nitrogens with zero attached hydrogens (tertiary/aromatic N) is 1. The molecule has 4 nitrogen and oxygen atoms in total. The summed E-state index contributed by atoms with van der Waals surface area (Å²) in [5.74, 6) is 1.11. The van der Waals surface area contributed by atoms with Crippen LogP contribution in [-0.4, -0.2) is 36.5 Å². The van der Waals surface area contributed by atoms with Gasteiger partial charge in [0.25, 0.3) is 0 Å². The van der Waals surface area contributed by atoms with E-state index in [-0.39, 0.29) is 5.91 Å². The van der Waals surface area contributed by atoms with E-state index in [0.717, 1.165) is 25.4 Å². The molecule has 1 saturated heterocycles. The van der Waals surface area contributed by atoms with Gasteiger partial charge in [-0.2, -0.15) is 0 Å². The molecule has 1 aliphatic heterocycles. The van der Waals surface area contributed by atoms with E-state index in [4.69, 9.17) is 4.42 Å². The number of hydrogen-bond acceptors (Lipinski definition) is 3. The molecular weight excluding hydrogens is 204 g/mol. The summed E-state index contributed by atoms with van der Waals surface area (Å²) in [5, 5.41) is 3.32. The van der Waals surface area contributed by atoms with E-state index in [1.807, 2.05) is 17.0 Å². The molecule has 0 spiro atoms. The van der Waals surface area contributed by atoms with Crippen LogP contribution in [0.5, 0.6) is 0 Å². The molecule has 0 aliphatic carbocycles. The minimum atomic E-state index is 0.227. The molecule has 2 rings (SSSR count). The summed E-state index contributed by atoms with van der Waals surface area (Å²) in [7, 11) is 0. The first kappa shape index (κ1) is 11.2. The van der Waals surface area contributed by atoms with Gasteiger partial charge < -0.3 is 14.6 Å². The number of aryl methyl sites for hydroxylation is 1. The monoisotopic (exact) mass is 222 g/mol. The molecule has 1 fully saturated rings. The maximum Gasteiger partial charge on any atom is 0.223 e. The SMILES string of the molecule is C[C@H]1CN(C(=O)CCc2ccco2)CCN1. The normalized spacial score (nSPS) is 21.1. The molecule has 0 unspecified atom stereocenters. The molecule has 1 aromatic heterocycles. The second kappa shape index (κ2) is 5.16. The molecule has 1 amide bonds. The molecule has 0 aromatic carbocycles. The lowest BCUT2D eigenvalue weighted by atomic mass is 10.2. The smallest absolute Gasteiger partial charge is 0.223 e. The van der Waals surface area contributed by atoms with Gasteiger partial charge in [0.05, 0.1) is 6.26 Å². The zero-order chi connectivity index (χ0) is 11.4. The third-order valence-electron chi connectivity index (χ3n) is 2.89. The summed E-state index contributed by atoms with van der Waals surface area (Å²) in [5.41, 5.74) is 0. The van der Waals surface area contributed by atoms with Crippen LogP contribution in [0.15, 0.2) is 22.8 Å². The van der Waals surface area contributed by atoms with Gasteiger partial charge in [-0.15, -0.1) is 0 Å². The minimum absolute atomic E-state index is 0.227. The summed E-state index contributed by atoms with van der Waals surface area (Å²) >= 11 is 0. The number of carbonyl (C=O) groups excluding carboxylic acids is 1. The van der Waals surface area contributed by atoms with E-state index >= 15 is 0 Å². The van der Waals surface area contributed by atoms with Crippen molar-refractivity contribution in [3.8, 4) is 0 Å². The third-order valence-corrected chi connectivity index (χ3v) is 2.89. The van der Waals surface area contributed by atoms with Gasteiger partial charge in [-0.05, 0) is 19.1 Å². The van der Waals surface area contributed by atoms with Gasteiger partial charge in [-0.25, -0.2) is 0 Å². The van der Waals surface area contributed by atoms with Gasteiger partial charge in [0.2, 0.25) is 5.91 Å². The van der Waals surface area contributed by atoms with Crippen molar-refractivity contribution in [2.24, 2.45) is 0 Å². The molecule has 88 valence electrons. The van der Waals surface area contributed by atoms with Crippen LogP contribution < -0.4 is 5.32 Å². The fourth-order valence-corrected chi connectivity index (χ4v) is 2.00. The van der Waals surface area contributed by atoms with Crippen molar-refractivity contribution in [2.75, 3.05) is 19.6 Å². The Kier molecular flexibility index (Phi) is 3.62. The van der Waals surface area contributed by atoms with E-state index in [0.29, 0.717) is 18.9 Å². The molecule has 2 heterocycles. The zero-order valence-electron chi connectivity index (χ0n) is 9.61. The molecule has 0 saturated carbocycles. The first-order valence-corrected chi connectivity index (χ1v) is 5.79. The summed E-state index contributed by atoms with van der Waals surface area (Å²) in [6.07, 6.45) is 2.89. The van der Waals surface area contributed by atoms with Crippen molar-refractivity contribution < 1.29 is 9.21 Å². The average Bonchev–Trinajstić information content (AvgIpc) is 2.78. The molecule has 1 aromatic rings. The first-order valence-electron chi connectivity index (χ1n) is 5.79. The second-order valence-corrected chi connectivity index (χ2v) is 4.27. The maximum absolute atomic E-state index is 11.9. The van der Waals surface area contributed by atoms with E-state index in [9.17, 15) is 4.79 Å². The first-order chi connectivity index (χ1) is 7.75. The van der Waals surface area contributed by atoms with Crippen LogP contribution in [0.1, 0.15) is 19.1 Å². The summed E-state index contributed by atoms with van der Waals surface area (Å²) < 4.78 is 5.21. The Hall–Kier alpha value is -1.29. The lowest BCUT2D eigenvalue weighted by Crippen LogP contribution is -2.51. The molecule has 1 aliphatic rings. The number of furan rings is 1. The van der Waals surface area contributed by atoms with Crippen molar-refractivity contribution in [1.82, 2.24) is 10.2 Å². The highest BCUT2D eigenvalue weighted by Gasteiger charge is 2.20. The van der Waals surface area contributed by atoms with E-state index < -0.39 is 0 Å². The highest BCUT2D eigenvalue weighted by molar-refractivity contribution is 5.76. The summed E-state index contributed by atoms with van der Waals surface area (Å²) in [4.78, 5) is 13.8. The lowest BCUT2D eigenvalue weighted by Gasteiger charge is -2.31. The van der Waals surface area contributed by atoms with E-state index in [2.05, 4.69) is 12.2 Å². The maximum atomic E-state index is 11.9. The number of amides is 1. The molecule has 1 atom stereocenters. The minimum Gasteiger partial charge on any atom is -0.469 e. The van der Waals surface area contributed by atoms with Gasteiger partial charge >= 0.3 is 0 Å². The Balaban J connectivity index is 1.79. The van der Waals surface area contributed by atoms with E-state index in [1.54, 1.807) is 6.26 Å².